The van der Waals surface area contributed by atoms with Crippen molar-refractivity contribution in [3.05, 3.63) is 107 Å². The molecule has 2 heterocycles. The second kappa shape index (κ2) is 8.65. The fourth-order valence-corrected chi connectivity index (χ4v) is 4.34. The minimum absolute atomic E-state index is 0.0295. The van der Waals surface area contributed by atoms with Gasteiger partial charge in [-0.3, -0.25) is 19.8 Å². The number of carbonyl (C=O) groups excluding carboxylic acids is 2. The first kappa shape index (κ1) is 21.1. The van der Waals surface area contributed by atoms with Crippen LogP contribution in [0.4, 0.5) is 5.69 Å². The number of thiocarbonyl (C=S) groups is 1. The molecule has 4 aromatic rings. The number of anilines is 1. The molecule has 0 bridgehead atoms. The topological polar surface area (TPSA) is 54.3 Å². The quantitative estimate of drug-likeness (QED) is 0.253. The minimum atomic E-state index is -0.508. The summed E-state index contributed by atoms with van der Waals surface area (Å²) in [5, 5.41) is 4.33. The highest BCUT2D eigenvalue weighted by atomic mass is 35.5. The molecule has 0 radical (unpaired) electrons. The van der Waals surface area contributed by atoms with Gasteiger partial charge in [0.05, 0.1) is 5.69 Å². The van der Waals surface area contributed by atoms with Gasteiger partial charge in [-0.15, -0.1) is 0 Å². The molecule has 5 rings (SSSR count). The molecule has 1 aliphatic rings. The summed E-state index contributed by atoms with van der Waals surface area (Å²) in [6.07, 6.45) is 3.59. The van der Waals surface area contributed by atoms with E-state index >= 15 is 0 Å². The van der Waals surface area contributed by atoms with Crippen molar-refractivity contribution in [2.24, 2.45) is 0 Å². The van der Waals surface area contributed by atoms with Crippen LogP contribution in [-0.4, -0.2) is 21.5 Å². The van der Waals surface area contributed by atoms with Gasteiger partial charge in [0.1, 0.15) is 5.57 Å². The zero-order chi connectivity index (χ0) is 22.9. The molecule has 1 aliphatic heterocycles. The summed E-state index contributed by atoms with van der Waals surface area (Å²) < 4.78 is 2.09. The van der Waals surface area contributed by atoms with Crippen LogP contribution in [-0.2, 0) is 16.1 Å². The van der Waals surface area contributed by atoms with Gasteiger partial charge in [0.15, 0.2) is 5.11 Å². The van der Waals surface area contributed by atoms with E-state index in [1.807, 2.05) is 72.9 Å². The van der Waals surface area contributed by atoms with Crippen LogP contribution >= 0.6 is 23.8 Å². The smallest absolute Gasteiger partial charge is 0.270 e. The Kier molecular flexibility index (Phi) is 5.54. The number of amides is 2. The van der Waals surface area contributed by atoms with Gasteiger partial charge in [-0.1, -0.05) is 60.1 Å². The van der Waals surface area contributed by atoms with Crippen molar-refractivity contribution in [3.63, 3.8) is 0 Å². The maximum atomic E-state index is 13.3. The Morgan fingerprint density at radius 2 is 1.61 bits per heavy atom. The molecule has 3 aromatic carbocycles. The fourth-order valence-electron chi connectivity index (χ4n) is 3.93. The molecule has 162 valence electrons. The van der Waals surface area contributed by atoms with Crippen LogP contribution in [0.15, 0.2) is 90.6 Å². The standard InChI is InChI=1S/C26H18ClN3O2S/c27-19-12-10-17(11-13-19)15-29-16-18(21-8-4-5-9-23(21)29)14-22-24(31)28-26(33)30(25(22)32)20-6-2-1-3-7-20/h1-14,16H,15H2,(H,28,31,33)/b22-14+. The molecule has 0 unspecified atom stereocenters. The van der Waals surface area contributed by atoms with Gasteiger partial charge in [-0.05, 0) is 54.2 Å². The van der Waals surface area contributed by atoms with Crippen molar-refractivity contribution in [1.29, 1.82) is 0 Å². The summed E-state index contributed by atoms with van der Waals surface area (Å²) in [6.45, 7) is 0.626. The number of nitrogens with zero attached hydrogens (tertiary/aromatic N) is 2. The van der Waals surface area contributed by atoms with Gasteiger partial charge < -0.3 is 4.57 Å². The summed E-state index contributed by atoms with van der Waals surface area (Å²) in [4.78, 5) is 27.4. The van der Waals surface area contributed by atoms with Crippen molar-refractivity contribution in [2.45, 2.75) is 6.54 Å². The maximum Gasteiger partial charge on any atom is 0.270 e. The Morgan fingerprint density at radius 3 is 2.36 bits per heavy atom. The van der Waals surface area contributed by atoms with Crippen LogP contribution in [0.1, 0.15) is 11.1 Å². The van der Waals surface area contributed by atoms with Crippen molar-refractivity contribution in [2.75, 3.05) is 4.90 Å². The van der Waals surface area contributed by atoms with Gasteiger partial charge in [0.2, 0.25) is 0 Å². The molecule has 0 aliphatic carbocycles. The molecule has 0 saturated carbocycles. The second-order valence-electron chi connectivity index (χ2n) is 7.65. The van der Waals surface area contributed by atoms with Gasteiger partial charge in [-0.2, -0.15) is 0 Å². The fraction of sp³-hybridized carbons (Fsp3) is 0.0385. The third-order valence-corrected chi connectivity index (χ3v) is 6.04. The van der Waals surface area contributed by atoms with E-state index in [9.17, 15) is 9.59 Å². The summed E-state index contributed by atoms with van der Waals surface area (Å²) in [7, 11) is 0. The molecule has 0 atom stereocenters. The van der Waals surface area contributed by atoms with Crippen LogP contribution in [0.3, 0.4) is 0 Å². The van der Waals surface area contributed by atoms with E-state index in [0.717, 1.165) is 22.0 Å². The zero-order valence-electron chi connectivity index (χ0n) is 17.4. The lowest BCUT2D eigenvalue weighted by molar-refractivity contribution is -0.122. The molecule has 1 aromatic heterocycles. The van der Waals surface area contributed by atoms with E-state index < -0.39 is 11.8 Å². The first-order valence-electron chi connectivity index (χ1n) is 10.3. The molecule has 0 spiro atoms. The third-order valence-electron chi connectivity index (χ3n) is 5.50. The van der Waals surface area contributed by atoms with E-state index in [1.165, 1.54) is 4.90 Å². The second-order valence-corrected chi connectivity index (χ2v) is 8.47. The predicted octanol–water partition coefficient (Wildman–Crippen LogP) is 5.17. The van der Waals surface area contributed by atoms with E-state index in [1.54, 1.807) is 18.2 Å². The average molecular weight is 472 g/mol. The Bertz CT molecular complexity index is 1430. The first-order chi connectivity index (χ1) is 16.0. The number of hydrogen-bond acceptors (Lipinski definition) is 3. The number of rotatable bonds is 4. The highest BCUT2D eigenvalue weighted by molar-refractivity contribution is 7.80. The maximum absolute atomic E-state index is 13.3. The zero-order valence-corrected chi connectivity index (χ0v) is 18.9. The normalized spacial score (nSPS) is 15.4. The Hall–Kier alpha value is -3.74. The lowest BCUT2D eigenvalue weighted by Crippen LogP contribution is -2.54. The monoisotopic (exact) mass is 471 g/mol. The summed E-state index contributed by atoms with van der Waals surface area (Å²) in [5.41, 5.74) is 3.49. The van der Waals surface area contributed by atoms with Gasteiger partial charge in [0.25, 0.3) is 11.8 Å². The van der Waals surface area contributed by atoms with Gasteiger partial charge in [0, 0.05) is 34.2 Å². The molecule has 5 nitrogen and oxygen atoms in total. The Labute approximate surface area is 200 Å². The highest BCUT2D eigenvalue weighted by Crippen LogP contribution is 2.27. The molecule has 1 fully saturated rings. The molecule has 33 heavy (non-hydrogen) atoms. The number of benzene rings is 3. The van der Waals surface area contributed by atoms with Crippen molar-refractivity contribution >= 4 is 63.4 Å². The predicted molar refractivity (Wildman–Crippen MR) is 135 cm³/mol. The van der Waals surface area contributed by atoms with Gasteiger partial charge >= 0.3 is 0 Å². The molecule has 1 saturated heterocycles. The van der Waals surface area contributed by atoms with Crippen LogP contribution in [0.5, 0.6) is 0 Å². The number of para-hydroxylation sites is 2. The number of hydrogen-bond donors (Lipinski definition) is 1. The largest absolute Gasteiger partial charge is 0.342 e. The SMILES string of the molecule is O=C1NC(=S)N(c2ccccc2)C(=O)/C1=C/c1cn(Cc2ccc(Cl)cc2)c2ccccc12. The third kappa shape index (κ3) is 4.06. The highest BCUT2D eigenvalue weighted by Gasteiger charge is 2.34. The van der Waals surface area contributed by atoms with Gasteiger partial charge in [-0.25, -0.2) is 0 Å². The Balaban J connectivity index is 1.56. The Morgan fingerprint density at radius 1 is 0.909 bits per heavy atom. The number of aromatic nitrogens is 1. The van der Waals surface area contributed by atoms with E-state index in [0.29, 0.717) is 17.3 Å². The molecular formula is C26H18ClN3O2S. The minimum Gasteiger partial charge on any atom is -0.342 e. The van der Waals surface area contributed by atoms with E-state index in [4.69, 9.17) is 23.8 Å². The van der Waals surface area contributed by atoms with Crippen LogP contribution in [0.2, 0.25) is 5.02 Å². The molecule has 7 heteroatoms. The van der Waals surface area contributed by atoms with Crippen molar-refractivity contribution in [3.8, 4) is 0 Å². The lowest BCUT2D eigenvalue weighted by atomic mass is 10.1. The van der Waals surface area contributed by atoms with Crippen molar-refractivity contribution in [1.82, 2.24) is 9.88 Å². The average Bonchev–Trinajstić information content (AvgIpc) is 3.16. The summed E-state index contributed by atoms with van der Waals surface area (Å²) >= 11 is 11.3. The van der Waals surface area contributed by atoms with Crippen LogP contribution in [0, 0.1) is 0 Å². The number of nitrogens with one attached hydrogen (secondary N) is 1. The molecule has 1 N–H and O–H groups in total. The molecule has 2 amide bonds. The first-order valence-corrected chi connectivity index (χ1v) is 11.1. The lowest BCUT2D eigenvalue weighted by Gasteiger charge is -2.28. The van der Waals surface area contributed by atoms with E-state index in [-0.39, 0.29) is 10.7 Å². The number of carbonyl (C=O) groups is 2. The van der Waals surface area contributed by atoms with Crippen molar-refractivity contribution < 1.29 is 9.59 Å². The molecular weight excluding hydrogens is 454 g/mol. The summed E-state index contributed by atoms with van der Waals surface area (Å²) in [6, 6.07) is 24.6. The van der Waals surface area contributed by atoms with E-state index in [2.05, 4.69) is 9.88 Å². The number of fused-ring (bicyclic) bond motifs is 1. The van der Waals surface area contributed by atoms with Crippen LogP contribution < -0.4 is 10.2 Å². The van der Waals surface area contributed by atoms with Crippen LogP contribution in [0.25, 0.3) is 17.0 Å². The summed E-state index contributed by atoms with van der Waals surface area (Å²) in [5.74, 6) is -0.962. The number of halogens is 1.